The van der Waals surface area contributed by atoms with Gasteiger partial charge < -0.3 is 24.9 Å². The quantitative estimate of drug-likeness (QED) is 0.0367. The zero-order chi connectivity index (χ0) is 31.1. The third kappa shape index (κ3) is 13.6. The lowest BCUT2D eigenvalue weighted by Gasteiger charge is -2.34. The summed E-state index contributed by atoms with van der Waals surface area (Å²) in [6, 6.07) is 2.01. The van der Waals surface area contributed by atoms with Crippen LogP contribution >= 0.6 is 0 Å². The lowest BCUT2D eigenvalue weighted by Crippen LogP contribution is -2.51. The lowest BCUT2D eigenvalue weighted by atomic mass is 10.0. The molecule has 0 heterocycles. The van der Waals surface area contributed by atoms with E-state index in [1.807, 2.05) is 0 Å². The van der Waals surface area contributed by atoms with Gasteiger partial charge in [-0.25, -0.2) is 13.2 Å². The first-order chi connectivity index (χ1) is 18.0. The predicted molar refractivity (Wildman–Crippen MR) is 138 cm³/mol. The summed E-state index contributed by atoms with van der Waals surface area (Å²) in [5.74, 6) is -1.58. The van der Waals surface area contributed by atoms with Crippen LogP contribution < -0.4 is 15.7 Å². The molecule has 0 bridgehead atoms. The maximum Gasteiger partial charge on any atom is 0.446 e. The van der Waals surface area contributed by atoms with Crippen molar-refractivity contribution < 1.29 is 65.5 Å². The highest BCUT2D eigenvalue weighted by Gasteiger charge is 2.37. The van der Waals surface area contributed by atoms with E-state index in [0.717, 1.165) is 18.2 Å². The zero-order valence-electron chi connectivity index (χ0n) is 21.9. The number of carbonyl (C=O) groups excluding carboxylic acids is 1. The summed E-state index contributed by atoms with van der Waals surface area (Å²) in [6.07, 6.45) is -2.55. The van der Waals surface area contributed by atoms with Crippen LogP contribution in [-0.2, 0) is 55.7 Å². The van der Waals surface area contributed by atoms with Crippen molar-refractivity contribution in [3.63, 3.8) is 0 Å². The molecular formula is C19H33N4O14S3+. The summed E-state index contributed by atoms with van der Waals surface area (Å²) in [4.78, 5) is 16.9. The van der Waals surface area contributed by atoms with Gasteiger partial charge in [0.15, 0.2) is 17.8 Å². The Morgan fingerprint density at radius 3 is 2.08 bits per heavy atom. The highest BCUT2D eigenvalue weighted by molar-refractivity contribution is 7.81. The van der Waals surface area contributed by atoms with Crippen molar-refractivity contribution in [1.82, 2.24) is 0 Å². The second-order valence-electron chi connectivity index (χ2n) is 9.24. The van der Waals surface area contributed by atoms with Crippen molar-refractivity contribution in [2.45, 2.75) is 44.6 Å². The summed E-state index contributed by atoms with van der Waals surface area (Å²) < 4.78 is 114. The number of guanidine groups is 1. The molecule has 18 nitrogen and oxygen atoms in total. The third-order valence-electron chi connectivity index (χ3n) is 5.06. The number of likely N-dealkylation sites (N-methyl/N-ethyl adjacent to an activating group) is 1. The van der Waals surface area contributed by atoms with Crippen LogP contribution in [0.25, 0.3) is 0 Å². The van der Waals surface area contributed by atoms with Gasteiger partial charge >= 0.3 is 37.2 Å². The minimum absolute atomic E-state index is 0.0932. The minimum Gasteiger partial charge on any atom is -0.455 e. The number of aliphatic imine (C=N–C) groups is 1. The average Bonchev–Trinajstić information content (AvgIpc) is 2.73. The van der Waals surface area contributed by atoms with Crippen LogP contribution in [0.2, 0.25) is 0 Å². The molecule has 7 N–H and O–H groups in total. The average molecular weight is 638 g/mol. The van der Waals surface area contributed by atoms with Gasteiger partial charge in [0.25, 0.3) is 0 Å². The molecule has 0 saturated carbocycles. The van der Waals surface area contributed by atoms with E-state index in [9.17, 15) is 34.6 Å². The fraction of sp³-hybridized carbons (Fsp3) is 0.579. The number of carbonyl (C=O) groups is 1. The predicted octanol–water partition coefficient (Wildman–Crippen LogP) is -0.892. The molecule has 0 saturated heterocycles. The smallest absolute Gasteiger partial charge is 0.446 e. The number of esters is 1. The molecular weight excluding hydrogens is 604 g/mol. The molecule has 0 aliphatic rings. The van der Waals surface area contributed by atoms with Crippen LogP contribution in [-0.4, -0.2) is 95.2 Å². The molecule has 1 aromatic carbocycles. The second-order valence-corrected chi connectivity index (χ2v) is 12.4. The Bertz CT molecular complexity index is 1390. The van der Waals surface area contributed by atoms with Crippen molar-refractivity contribution in [1.29, 1.82) is 0 Å². The standard InChI is InChI=1S/C19H32N4O14S3/c1-12(35-18(24)15(23(2,3)4)6-5-9-22-19(20)21)17(37-40(31,32)33)13-7-8-16(36-39(28,29)30)14(10-13)11-34-38(25,26)27/h7-8,10,12,15,17H,5-6,9,11H2,1-4H3,(H6-,20,21,22,25,26,27,28,29,30,31,32,33)/p+1. The number of rotatable bonds is 16. The molecule has 40 heavy (non-hydrogen) atoms. The molecule has 1 aromatic rings. The number of nitrogens with zero attached hydrogens (tertiary/aromatic N) is 2. The van der Waals surface area contributed by atoms with Crippen LogP contribution in [0.5, 0.6) is 5.75 Å². The molecule has 0 aromatic heterocycles. The van der Waals surface area contributed by atoms with E-state index in [1.54, 1.807) is 21.1 Å². The van der Waals surface area contributed by atoms with Crippen LogP contribution in [0.15, 0.2) is 23.2 Å². The first-order valence-electron chi connectivity index (χ1n) is 11.1. The molecule has 1 rings (SSSR count). The van der Waals surface area contributed by atoms with E-state index in [-0.39, 0.29) is 29.0 Å². The second kappa shape index (κ2) is 13.8. The van der Waals surface area contributed by atoms with E-state index in [2.05, 4.69) is 13.4 Å². The number of ether oxygens (including phenoxy) is 1. The summed E-state index contributed by atoms with van der Waals surface area (Å²) >= 11 is 0. The molecule has 0 aliphatic carbocycles. The van der Waals surface area contributed by atoms with Gasteiger partial charge in [-0.15, -0.1) is 0 Å². The third-order valence-corrected chi connectivity index (χ3v) is 6.32. The molecule has 0 amide bonds. The Morgan fingerprint density at radius 1 is 1.00 bits per heavy atom. The van der Waals surface area contributed by atoms with Gasteiger partial charge in [0, 0.05) is 18.5 Å². The van der Waals surface area contributed by atoms with Gasteiger partial charge in [-0.05, 0) is 31.0 Å². The Hall–Kier alpha value is -2.63. The normalized spacial score (nSPS) is 15.1. The van der Waals surface area contributed by atoms with E-state index in [4.69, 9.17) is 29.5 Å². The number of quaternary nitrogens is 1. The molecule has 3 unspecified atom stereocenters. The Labute approximate surface area is 232 Å². The number of hydrogen-bond donors (Lipinski definition) is 5. The monoisotopic (exact) mass is 637 g/mol. The van der Waals surface area contributed by atoms with Gasteiger partial charge in [0.05, 0.1) is 27.7 Å². The maximum absolute atomic E-state index is 13.1. The minimum atomic E-state index is -5.18. The zero-order valence-corrected chi connectivity index (χ0v) is 24.3. The van der Waals surface area contributed by atoms with Gasteiger partial charge in [0.1, 0.15) is 12.2 Å². The fourth-order valence-corrected chi connectivity index (χ4v) is 4.59. The van der Waals surface area contributed by atoms with Crippen LogP contribution in [0.3, 0.4) is 0 Å². The van der Waals surface area contributed by atoms with Gasteiger partial charge in [-0.2, -0.15) is 25.3 Å². The molecule has 21 heteroatoms. The fourth-order valence-electron chi connectivity index (χ4n) is 3.40. The highest BCUT2D eigenvalue weighted by Crippen LogP contribution is 2.31. The van der Waals surface area contributed by atoms with Crippen LogP contribution in [0.1, 0.15) is 37.0 Å². The van der Waals surface area contributed by atoms with Crippen LogP contribution in [0, 0.1) is 0 Å². The maximum atomic E-state index is 13.1. The summed E-state index contributed by atoms with van der Waals surface area (Å²) in [6.45, 7) is 0.406. The van der Waals surface area contributed by atoms with Crippen LogP contribution in [0.4, 0.5) is 0 Å². The largest absolute Gasteiger partial charge is 0.455 e. The molecule has 3 atom stereocenters. The molecule has 0 aliphatic heterocycles. The van der Waals surface area contributed by atoms with E-state index in [1.165, 1.54) is 6.92 Å². The summed E-state index contributed by atoms with van der Waals surface area (Å²) in [5.41, 5.74) is 9.95. The molecule has 0 radical (unpaired) electrons. The SMILES string of the molecule is CC(OC(=O)C(CCCN=C(N)N)[N+](C)(C)C)C(OS(=O)(=O)O)c1ccc(OS(=O)(=O)O)c(COS(=O)(=O)O)c1. The number of nitrogens with two attached hydrogens (primary N) is 2. The topological polar surface area (TPSA) is 281 Å². The highest BCUT2D eigenvalue weighted by atomic mass is 32.3. The van der Waals surface area contributed by atoms with E-state index >= 15 is 0 Å². The van der Waals surface area contributed by atoms with Crippen molar-refractivity contribution in [3.05, 3.63) is 29.3 Å². The lowest BCUT2D eigenvalue weighted by molar-refractivity contribution is -0.887. The summed E-state index contributed by atoms with van der Waals surface area (Å²) in [7, 11) is -10.2. The van der Waals surface area contributed by atoms with Crippen molar-refractivity contribution >= 4 is 43.1 Å². The molecule has 0 fully saturated rings. The Balaban J connectivity index is 3.41. The van der Waals surface area contributed by atoms with Gasteiger partial charge in [-0.3, -0.25) is 18.7 Å². The van der Waals surface area contributed by atoms with E-state index < -0.39 is 73.3 Å². The Kier molecular flexibility index (Phi) is 12.2. The summed E-state index contributed by atoms with van der Waals surface area (Å²) in [5, 5.41) is 0. The first-order valence-corrected chi connectivity index (χ1v) is 15.2. The van der Waals surface area contributed by atoms with E-state index in [0.29, 0.717) is 6.42 Å². The molecule has 230 valence electrons. The van der Waals surface area contributed by atoms with Crippen molar-refractivity contribution in [3.8, 4) is 5.75 Å². The number of hydrogen-bond acceptors (Lipinski definition) is 12. The first kappa shape index (κ1) is 35.4. The van der Waals surface area contributed by atoms with Crippen molar-refractivity contribution in [2.24, 2.45) is 16.5 Å². The van der Waals surface area contributed by atoms with Gasteiger partial charge in [0.2, 0.25) is 0 Å². The number of benzene rings is 1. The van der Waals surface area contributed by atoms with Crippen molar-refractivity contribution in [2.75, 3.05) is 27.7 Å². The van der Waals surface area contributed by atoms with Gasteiger partial charge in [-0.1, -0.05) is 6.07 Å². The Morgan fingerprint density at radius 2 is 1.60 bits per heavy atom. The molecule has 0 spiro atoms.